The van der Waals surface area contributed by atoms with Gasteiger partial charge in [-0.3, -0.25) is 4.79 Å². The minimum Gasteiger partial charge on any atom is -0.497 e. The molecule has 5 aromatic rings. The zero-order chi connectivity index (χ0) is 22.9. The van der Waals surface area contributed by atoms with Crippen molar-refractivity contribution < 1.29 is 13.9 Å². The fourth-order valence-electron chi connectivity index (χ4n) is 3.44. The number of methoxy groups -OCH3 is 1. The number of pyridine rings is 1. The highest BCUT2D eigenvalue weighted by Crippen LogP contribution is 2.29. The normalized spacial score (nSPS) is 11.0. The van der Waals surface area contributed by atoms with Gasteiger partial charge >= 0.3 is 0 Å². The number of hydrogen-bond acceptors (Lipinski definition) is 6. The van der Waals surface area contributed by atoms with Crippen LogP contribution in [0.4, 0.5) is 10.1 Å². The van der Waals surface area contributed by atoms with Gasteiger partial charge in [0.05, 0.1) is 34.2 Å². The molecule has 0 saturated carbocycles. The Labute approximate surface area is 192 Å². The maximum atomic E-state index is 14.4. The fraction of sp³-hybridized carbons (Fsp3) is 0.0833. The van der Waals surface area contributed by atoms with Crippen LogP contribution in [0.2, 0.25) is 0 Å². The Balaban J connectivity index is 1.57. The first kappa shape index (κ1) is 20.8. The summed E-state index contributed by atoms with van der Waals surface area (Å²) in [6.45, 7) is 1.89. The van der Waals surface area contributed by atoms with Gasteiger partial charge in [-0.2, -0.15) is 5.10 Å². The van der Waals surface area contributed by atoms with Crippen molar-refractivity contribution in [1.29, 1.82) is 0 Å². The number of fused-ring (bicyclic) bond motifs is 1. The third kappa shape index (κ3) is 4.06. The average Bonchev–Trinajstić information content (AvgIpc) is 3.47. The number of carbonyl (C=O) groups is 1. The Kier molecular flexibility index (Phi) is 5.31. The summed E-state index contributed by atoms with van der Waals surface area (Å²) in [6.07, 6.45) is 0. The van der Waals surface area contributed by atoms with Crippen LogP contribution in [0.25, 0.3) is 27.3 Å². The van der Waals surface area contributed by atoms with Crippen LogP contribution in [0.3, 0.4) is 0 Å². The minimum atomic E-state index is -0.599. The van der Waals surface area contributed by atoms with E-state index in [4.69, 9.17) is 4.74 Å². The van der Waals surface area contributed by atoms with Crippen molar-refractivity contribution in [1.82, 2.24) is 19.7 Å². The van der Waals surface area contributed by atoms with Gasteiger partial charge in [0.1, 0.15) is 11.6 Å². The van der Waals surface area contributed by atoms with E-state index in [0.717, 1.165) is 21.5 Å². The predicted molar refractivity (Wildman–Crippen MR) is 126 cm³/mol. The highest BCUT2D eigenvalue weighted by atomic mass is 32.1. The van der Waals surface area contributed by atoms with Gasteiger partial charge in [-0.15, -0.1) is 11.3 Å². The van der Waals surface area contributed by atoms with Gasteiger partial charge in [-0.1, -0.05) is 12.1 Å². The number of ether oxygens (including phenoxy) is 1. The van der Waals surface area contributed by atoms with E-state index in [-0.39, 0.29) is 11.4 Å². The van der Waals surface area contributed by atoms with E-state index in [1.165, 1.54) is 30.6 Å². The quantitative estimate of drug-likeness (QED) is 0.388. The molecule has 33 heavy (non-hydrogen) atoms. The van der Waals surface area contributed by atoms with Crippen molar-refractivity contribution in [2.24, 2.45) is 0 Å². The van der Waals surface area contributed by atoms with Crippen LogP contribution in [0.15, 0.2) is 66.2 Å². The van der Waals surface area contributed by atoms with Gasteiger partial charge in [0.2, 0.25) is 0 Å². The van der Waals surface area contributed by atoms with Gasteiger partial charge in [0.15, 0.2) is 11.5 Å². The molecule has 0 fully saturated rings. The molecule has 0 radical (unpaired) electrons. The lowest BCUT2D eigenvalue weighted by Gasteiger charge is -2.07. The highest BCUT2D eigenvalue weighted by molar-refractivity contribution is 7.16. The zero-order valence-corrected chi connectivity index (χ0v) is 18.6. The molecule has 0 aliphatic carbocycles. The number of aryl methyl sites for hydroxylation is 1. The maximum absolute atomic E-state index is 14.4. The maximum Gasteiger partial charge on any atom is 0.276 e. The first-order valence-corrected chi connectivity index (χ1v) is 10.9. The fourth-order valence-corrected chi connectivity index (χ4v) is 4.16. The molecular formula is C24H18FN5O2S. The molecular weight excluding hydrogens is 441 g/mol. The number of halogens is 1. The summed E-state index contributed by atoms with van der Waals surface area (Å²) >= 11 is 1.53. The Bertz CT molecular complexity index is 1490. The standard InChI is InChI=1S/C24H18FN5O2S/c1-14-4-3-5-23(27-14)30-21(15-6-8-19-22(10-15)33-13-26-19)12-20(29-30)24(31)28-18-9-7-16(32-2)11-17(18)25/h3-13H,1-2H3,(H,28,31). The van der Waals surface area contributed by atoms with E-state index >= 15 is 0 Å². The summed E-state index contributed by atoms with van der Waals surface area (Å²) in [6, 6.07) is 17.3. The van der Waals surface area contributed by atoms with Gasteiger partial charge in [-0.05, 0) is 49.4 Å². The Morgan fingerprint density at radius 2 is 2.00 bits per heavy atom. The molecule has 2 aromatic carbocycles. The summed E-state index contributed by atoms with van der Waals surface area (Å²) in [5, 5.41) is 7.09. The van der Waals surface area contributed by atoms with Gasteiger partial charge in [-0.25, -0.2) is 19.0 Å². The lowest BCUT2D eigenvalue weighted by molar-refractivity contribution is 0.102. The number of thiazole rings is 1. The molecule has 7 nitrogen and oxygen atoms in total. The van der Waals surface area contributed by atoms with Crippen molar-refractivity contribution in [3.05, 3.63) is 83.4 Å². The summed E-state index contributed by atoms with van der Waals surface area (Å²) in [5.74, 6) is -0.200. The second-order valence-electron chi connectivity index (χ2n) is 7.30. The van der Waals surface area contributed by atoms with Gasteiger partial charge in [0.25, 0.3) is 5.91 Å². The average molecular weight is 460 g/mol. The van der Waals surface area contributed by atoms with Crippen LogP contribution in [-0.4, -0.2) is 32.8 Å². The van der Waals surface area contributed by atoms with Crippen molar-refractivity contribution in [2.45, 2.75) is 6.92 Å². The summed E-state index contributed by atoms with van der Waals surface area (Å²) < 4.78 is 22.0. The molecule has 0 bridgehead atoms. The molecule has 0 spiro atoms. The van der Waals surface area contributed by atoms with Gasteiger partial charge in [0, 0.05) is 17.3 Å². The van der Waals surface area contributed by atoms with Crippen LogP contribution in [0, 0.1) is 12.7 Å². The summed E-state index contributed by atoms with van der Waals surface area (Å²) in [7, 11) is 1.45. The van der Waals surface area contributed by atoms with Crippen molar-refractivity contribution in [3.63, 3.8) is 0 Å². The number of anilines is 1. The summed E-state index contributed by atoms with van der Waals surface area (Å²) in [4.78, 5) is 21.9. The van der Waals surface area contributed by atoms with E-state index in [9.17, 15) is 9.18 Å². The second kappa shape index (κ2) is 8.44. The third-order valence-corrected chi connectivity index (χ3v) is 5.88. The molecule has 0 aliphatic rings. The Morgan fingerprint density at radius 1 is 1.12 bits per heavy atom. The second-order valence-corrected chi connectivity index (χ2v) is 8.18. The van der Waals surface area contributed by atoms with Crippen LogP contribution in [-0.2, 0) is 0 Å². The molecule has 5 rings (SSSR count). The smallest absolute Gasteiger partial charge is 0.276 e. The lowest BCUT2D eigenvalue weighted by Crippen LogP contribution is -2.14. The molecule has 0 aliphatic heterocycles. The van der Waals surface area contributed by atoms with Crippen LogP contribution in [0.1, 0.15) is 16.2 Å². The van der Waals surface area contributed by atoms with E-state index < -0.39 is 11.7 Å². The number of amides is 1. The van der Waals surface area contributed by atoms with E-state index in [1.807, 2.05) is 43.3 Å². The number of benzene rings is 2. The largest absolute Gasteiger partial charge is 0.497 e. The molecule has 1 N–H and O–H groups in total. The molecule has 164 valence electrons. The lowest BCUT2D eigenvalue weighted by atomic mass is 10.1. The number of aromatic nitrogens is 4. The van der Waals surface area contributed by atoms with Crippen molar-refractivity contribution >= 4 is 33.1 Å². The topological polar surface area (TPSA) is 81.9 Å². The van der Waals surface area contributed by atoms with Crippen LogP contribution >= 0.6 is 11.3 Å². The first-order chi connectivity index (χ1) is 16.0. The van der Waals surface area contributed by atoms with E-state index in [0.29, 0.717) is 17.3 Å². The van der Waals surface area contributed by atoms with Crippen LogP contribution < -0.4 is 10.1 Å². The Morgan fingerprint density at radius 3 is 2.79 bits per heavy atom. The number of nitrogens with one attached hydrogen (secondary N) is 1. The minimum absolute atomic E-state index is 0.0386. The zero-order valence-electron chi connectivity index (χ0n) is 17.7. The number of hydrogen-bond donors (Lipinski definition) is 1. The highest BCUT2D eigenvalue weighted by Gasteiger charge is 2.19. The molecule has 3 heterocycles. The summed E-state index contributed by atoms with van der Waals surface area (Å²) in [5.41, 5.74) is 5.22. The third-order valence-electron chi connectivity index (χ3n) is 5.08. The number of rotatable bonds is 5. The SMILES string of the molecule is COc1ccc(NC(=O)c2cc(-c3ccc4ncsc4c3)n(-c3cccc(C)n3)n2)c(F)c1. The van der Waals surface area contributed by atoms with Crippen LogP contribution in [0.5, 0.6) is 5.75 Å². The number of nitrogens with zero attached hydrogens (tertiary/aromatic N) is 4. The monoisotopic (exact) mass is 459 g/mol. The molecule has 3 aromatic heterocycles. The van der Waals surface area contributed by atoms with Gasteiger partial charge < -0.3 is 10.1 Å². The predicted octanol–water partition coefficient (Wildman–Crippen LogP) is 5.25. The van der Waals surface area contributed by atoms with Crippen molar-refractivity contribution in [3.8, 4) is 22.8 Å². The Hall–Kier alpha value is -4.11. The first-order valence-electron chi connectivity index (χ1n) is 10.0. The van der Waals surface area contributed by atoms with E-state index in [2.05, 4.69) is 20.4 Å². The number of carbonyl (C=O) groups excluding carboxylic acids is 1. The van der Waals surface area contributed by atoms with E-state index in [1.54, 1.807) is 22.3 Å². The molecule has 0 atom stereocenters. The molecule has 9 heteroatoms. The molecule has 0 unspecified atom stereocenters. The van der Waals surface area contributed by atoms with Crippen molar-refractivity contribution in [2.75, 3.05) is 12.4 Å². The molecule has 1 amide bonds. The molecule has 0 saturated heterocycles.